The second kappa shape index (κ2) is 5.08. The Morgan fingerprint density at radius 3 is 2.82 bits per heavy atom. The van der Waals surface area contributed by atoms with Crippen LogP contribution in [0.5, 0.6) is 0 Å². The van der Waals surface area contributed by atoms with Gasteiger partial charge < -0.3 is 15.8 Å². The number of benzene rings is 1. The van der Waals surface area contributed by atoms with Crippen LogP contribution in [-0.4, -0.2) is 18.6 Å². The summed E-state index contributed by atoms with van der Waals surface area (Å²) in [6, 6.07) is 5.79. The van der Waals surface area contributed by atoms with E-state index in [4.69, 9.17) is 10.5 Å². The quantitative estimate of drug-likeness (QED) is 0.620. The molecule has 0 atom stereocenters. The lowest BCUT2D eigenvalue weighted by atomic mass is 9.93. The molecular weight excluding hydrogens is 216 g/mol. The first-order chi connectivity index (χ1) is 8.20. The van der Waals surface area contributed by atoms with E-state index in [1.54, 1.807) is 19.1 Å². The molecule has 1 saturated carbocycles. The number of carbonyl (C=O) groups is 1. The molecule has 0 heterocycles. The molecule has 17 heavy (non-hydrogen) atoms. The second-order valence-electron chi connectivity index (χ2n) is 4.29. The van der Waals surface area contributed by atoms with Crippen LogP contribution >= 0.6 is 0 Å². The molecule has 0 aromatic heterocycles. The van der Waals surface area contributed by atoms with E-state index in [9.17, 15) is 4.79 Å². The fourth-order valence-electron chi connectivity index (χ4n) is 1.81. The smallest absolute Gasteiger partial charge is 0.338 e. The van der Waals surface area contributed by atoms with Crippen LogP contribution in [0.2, 0.25) is 0 Å². The van der Waals surface area contributed by atoms with Gasteiger partial charge in [0, 0.05) is 6.04 Å². The second-order valence-corrected chi connectivity index (χ2v) is 4.29. The number of nitrogens with two attached hydrogens (primary N) is 1. The number of ether oxygens (including phenoxy) is 1. The summed E-state index contributed by atoms with van der Waals surface area (Å²) in [7, 11) is 0. The molecule has 1 aliphatic rings. The molecule has 0 spiro atoms. The fraction of sp³-hybridized carbons (Fsp3) is 0.462. The molecule has 1 aliphatic carbocycles. The van der Waals surface area contributed by atoms with E-state index in [1.807, 2.05) is 6.07 Å². The van der Waals surface area contributed by atoms with E-state index in [0.29, 0.717) is 23.9 Å². The minimum atomic E-state index is -0.325. The van der Waals surface area contributed by atoms with E-state index in [0.717, 1.165) is 5.69 Å². The summed E-state index contributed by atoms with van der Waals surface area (Å²) in [6.45, 7) is 2.16. The van der Waals surface area contributed by atoms with Gasteiger partial charge in [0.2, 0.25) is 0 Å². The summed E-state index contributed by atoms with van der Waals surface area (Å²) in [5.41, 5.74) is 7.92. The Morgan fingerprint density at radius 1 is 1.53 bits per heavy atom. The lowest BCUT2D eigenvalue weighted by Gasteiger charge is -2.28. The van der Waals surface area contributed by atoms with Gasteiger partial charge in [-0.3, -0.25) is 0 Å². The standard InChI is InChI=1S/C13H18N2O2/c1-2-17-13(16)9-6-7-12(11(14)8-9)15-10-4-3-5-10/h6-8,10,15H,2-5,14H2,1H3. The van der Waals surface area contributed by atoms with Crippen molar-refractivity contribution in [3.05, 3.63) is 23.8 Å². The summed E-state index contributed by atoms with van der Waals surface area (Å²) in [4.78, 5) is 11.5. The van der Waals surface area contributed by atoms with Crippen LogP contribution in [0.15, 0.2) is 18.2 Å². The molecule has 1 aromatic carbocycles. The van der Waals surface area contributed by atoms with E-state index in [2.05, 4.69) is 5.32 Å². The van der Waals surface area contributed by atoms with E-state index >= 15 is 0 Å². The van der Waals surface area contributed by atoms with Gasteiger partial charge in [-0.25, -0.2) is 4.79 Å². The van der Waals surface area contributed by atoms with Gasteiger partial charge in [0.1, 0.15) is 0 Å². The number of nitrogens with one attached hydrogen (secondary N) is 1. The average molecular weight is 234 g/mol. The van der Waals surface area contributed by atoms with Crippen molar-refractivity contribution in [1.82, 2.24) is 0 Å². The highest BCUT2D eigenvalue weighted by Gasteiger charge is 2.18. The van der Waals surface area contributed by atoms with Crippen LogP contribution in [-0.2, 0) is 4.74 Å². The van der Waals surface area contributed by atoms with Crippen molar-refractivity contribution in [2.24, 2.45) is 0 Å². The van der Waals surface area contributed by atoms with Crippen molar-refractivity contribution in [2.75, 3.05) is 17.7 Å². The molecule has 1 fully saturated rings. The number of esters is 1. The van der Waals surface area contributed by atoms with E-state index in [-0.39, 0.29) is 5.97 Å². The van der Waals surface area contributed by atoms with Crippen LogP contribution in [0, 0.1) is 0 Å². The Bertz CT molecular complexity index is 414. The first kappa shape index (κ1) is 11.8. The maximum Gasteiger partial charge on any atom is 0.338 e. The molecule has 4 nitrogen and oxygen atoms in total. The Labute approximate surface area is 101 Å². The fourth-order valence-corrected chi connectivity index (χ4v) is 1.81. The van der Waals surface area contributed by atoms with Crippen molar-refractivity contribution in [2.45, 2.75) is 32.2 Å². The van der Waals surface area contributed by atoms with Gasteiger partial charge in [-0.1, -0.05) is 0 Å². The largest absolute Gasteiger partial charge is 0.462 e. The zero-order chi connectivity index (χ0) is 12.3. The summed E-state index contributed by atoms with van der Waals surface area (Å²) in [5, 5.41) is 3.37. The minimum Gasteiger partial charge on any atom is -0.462 e. The SMILES string of the molecule is CCOC(=O)c1ccc(NC2CCC2)c(N)c1. The van der Waals surface area contributed by atoms with Crippen molar-refractivity contribution < 1.29 is 9.53 Å². The van der Waals surface area contributed by atoms with Gasteiger partial charge in [0.15, 0.2) is 0 Å². The average Bonchev–Trinajstić information content (AvgIpc) is 2.25. The van der Waals surface area contributed by atoms with Gasteiger partial charge in [-0.2, -0.15) is 0 Å². The summed E-state index contributed by atoms with van der Waals surface area (Å²) in [5.74, 6) is -0.325. The molecule has 0 saturated heterocycles. The molecule has 0 unspecified atom stereocenters. The van der Waals surface area contributed by atoms with Crippen LogP contribution in [0.1, 0.15) is 36.5 Å². The third-order valence-corrected chi connectivity index (χ3v) is 3.03. The zero-order valence-electron chi connectivity index (χ0n) is 10.0. The lowest BCUT2D eigenvalue weighted by molar-refractivity contribution is 0.0526. The van der Waals surface area contributed by atoms with Crippen molar-refractivity contribution >= 4 is 17.3 Å². The third-order valence-electron chi connectivity index (χ3n) is 3.03. The predicted molar refractivity (Wildman–Crippen MR) is 68.1 cm³/mol. The first-order valence-corrected chi connectivity index (χ1v) is 6.04. The highest BCUT2D eigenvalue weighted by molar-refractivity contribution is 5.91. The molecule has 0 amide bonds. The number of anilines is 2. The predicted octanol–water partition coefficient (Wildman–Crippen LogP) is 2.41. The third kappa shape index (κ3) is 2.70. The minimum absolute atomic E-state index is 0.325. The molecule has 0 bridgehead atoms. The molecule has 2 rings (SSSR count). The Hall–Kier alpha value is -1.71. The molecular formula is C13H18N2O2. The Balaban J connectivity index is 2.07. The molecule has 0 aliphatic heterocycles. The van der Waals surface area contributed by atoms with Crippen molar-refractivity contribution in [1.29, 1.82) is 0 Å². The number of rotatable bonds is 4. The normalized spacial score (nSPS) is 15.1. The van der Waals surface area contributed by atoms with Gasteiger partial charge in [-0.15, -0.1) is 0 Å². The van der Waals surface area contributed by atoms with E-state index < -0.39 is 0 Å². The topological polar surface area (TPSA) is 64.3 Å². The van der Waals surface area contributed by atoms with Gasteiger partial charge in [0.25, 0.3) is 0 Å². The van der Waals surface area contributed by atoms with Crippen LogP contribution in [0.3, 0.4) is 0 Å². The van der Waals surface area contributed by atoms with E-state index in [1.165, 1.54) is 19.3 Å². The summed E-state index contributed by atoms with van der Waals surface area (Å²) < 4.78 is 4.92. The lowest BCUT2D eigenvalue weighted by Crippen LogP contribution is -2.27. The van der Waals surface area contributed by atoms with Crippen LogP contribution in [0.25, 0.3) is 0 Å². The number of hydrogen-bond acceptors (Lipinski definition) is 4. The molecule has 0 radical (unpaired) electrons. The van der Waals surface area contributed by atoms with Gasteiger partial charge in [-0.05, 0) is 44.4 Å². The van der Waals surface area contributed by atoms with Crippen LogP contribution in [0.4, 0.5) is 11.4 Å². The highest BCUT2D eigenvalue weighted by Crippen LogP contribution is 2.27. The maximum atomic E-state index is 11.5. The maximum absolute atomic E-state index is 11.5. The Kier molecular flexibility index (Phi) is 3.52. The van der Waals surface area contributed by atoms with Gasteiger partial charge in [0.05, 0.1) is 23.5 Å². The Morgan fingerprint density at radius 2 is 2.29 bits per heavy atom. The van der Waals surface area contributed by atoms with Crippen molar-refractivity contribution in [3.63, 3.8) is 0 Å². The number of hydrogen-bond donors (Lipinski definition) is 2. The van der Waals surface area contributed by atoms with Crippen LogP contribution < -0.4 is 11.1 Å². The number of carbonyl (C=O) groups excluding carboxylic acids is 1. The molecule has 92 valence electrons. The molecule has 4 heteroatoms. The summed E-state index contributed by atoms with van der Waals surface area (Å²) in [6.07, 6.45) is 3.66. The molecule has 1 aromatic rings. The zero-order valence-corrected chi connectivity index (χ0v) is 10.0. The van der Waals surface area contributed by atoms with Gasteiger partial charge >= 0.3 is 5.97 Å². The summed E-state index contributed by atoms with van der Waals surface area (Å²) >= 11 is 0. The monoisotopic (exact) mass is 234 g/mol. The molecule has 3 N–H and O–H groups in total. The van der Waals surface area contributed by atoms with Crippen molar-refractivity contribution in [3.8, 4) is 0 Å². The number of nitrogen functional groups attached to an aromatic ring is 1. The first-order valence-electron chi connectivity index (χ1n) is 6.04. The highest BCUT2D eigenvalue weighted by atomic mass is 16.5.